The van der Waals surface area contributed by atoms with E-state index in [1.165, 1.54) is 0 Å². The van der Waals surface area contributed by atoms with Crippen molar-refractivity contribution in [2.45, 2.75) is 0 Å². The van der Waals surface area contributed by atoms with E-state index in [9.17, 15) is 0 Å². The summed E-state index contributed by atoms with van der Waals surface area (Å²) in [4.78, 5) is 11.3. The molecule has 0 radical (unpaired) electrons. The van der Waals surface area contributed by atoms with Crippen molar-refractivity contribution < 1.29 is 8.83 Å². The molecule has 60 heavy (non-hydrogen) atoms. The van der Waals surface area contributed by atoms with E-state index in [0.717, 1.165) is 116 Å². The van der Waals surface area contributed by atoms with Gasteiger partial charge in [0.15, 0.2) is 5.82 Å². The summed E-state index contributed by atoms with van der Waals surface area (Å²) in [6.45, 7) is 0. The van der Waals surface area contributed by atoms with Crippen molar-refractivity contribution in [3.05, 3.63) is 206 Å². The molecule has 0 fully saturated rings. The molecule has 3 aromatic heterocycles. The largest absolute Gasteiger partial charge is 0.455 e. The minimum absolute atomic E-state index is 0.600. The fraction of sp³-hybridized carbons (Fsp3) is 0. The molecule has 4 nitrogen and oxygen atoms in total. The average Bonchev–Trinajstić information content (AvgIpc) is 3.90. The molecule has 280 valence electrons. The molecule has 12 rings (SSSR count). The van der Waals surface area contributed by atoms with Crippen LogP contribution in [0.2, 0.25) is 0 Å². The standard InChI is InChI=1S/C56H34N2O2/c1-3-16-36(17-4-1)39-32-33-40(37-18-5-2-6-19-37)53(52(39)43-25-13-21-35-20-7-8-22-38(35)43)56-57-48(46-28-14-26-44-41-23-9-11-30-50(41)59-54(44)46)34-49(58-56)47-29-15-27-45-42-24-10-12-31-51(42)60-55(45)47/h1-34H. The van der Waals surface area contributed by atoms with Gasteiger partial charge in [0.1, 0.15) is 22.3 Å². The van der Waals surface area contributed by atoms with Gasteiger partial charge in [-0.05, 0) is 68.9 Å². The summed E-state index contributed by atoms with van der Waals surface area (Å²) in [5, 5.41) is 6.52. The third-order valence-corrected chi connectivity index (χ3v) is 11.7. The van der Waals surface area contributed by atoms with Crippen LogP contribution in [-0.2, 0) is 0 Å². The Hall–Kier alpha value is -8.08. The Morgan fingerprint density at radius 2 is 0.733 bits per heavy atom. The summed E-state index contributed by atoms with van der Waals surface area (Å²) in [5.74, 6) is 0.600. The van der Waals surface area contributed by atoms with E-state index in [-0.39, 0.29) is 0 Å². The minimum Gasteiger partial charge on any atom is -0.455 e. The first kappa shape index (κ1) is 34.0. The molecule has 0 N–H and O–H groups in total. The Morgan fingerprint density at radius 1 is 0.300 bits per heavy atom. The predicted molar refractivity (Wildman–Crippen MR) is 247 cm³/mol. The molecule has 0 saturated carbocycles. The predicted octanol–water partition coefficient (Wildman–Crippen LogP) is 15.4. The van der Waals surface area contributed by atoms with Crippen LogP contribution in [0.15, 0.2) is 215 Å². The molecular weight excluding hydrogens is 733 g/mol. The maximum Gasteiger partial charge on any atom is 0.161 e. The van der Waals surface area contributed by atoms with Crippen molar-refractivity contribution >= 4 is 54.6 Å². The van der Waals surface area contributed by atoms with Crippen LogP contribution < -0.4 is 0 Å². The van der Waals surface area contributed by atoms with Gasteiger partial charge in [0.25, 0.3) is 0 Å². The maximum absolute atomic E-state index is 6.67. The molecule has 0 atom stereocenters. The fourth-order valence-corrected chi connectivity index (χ4v) is 9.01. The molecule has 0 aliphatic heterocycles. The summed E-state index contributed by atoms with van der Waals surface area (Å²) >= 11 is 0. The van der Waals surface area contributed by atoms with Gasteiger partial charge in [-0.3, -0.25) is 0 Å². The number of furan rings is 2. The maximum atomic E-state index is 6.67. The van der Waals surface area contributed by atoms with Gasteiger partial charge in [-0.25, -0.2) is 9.97 Å². The van der Waals surface area contributed by atoms with Crippen molar-refractivity contribution in [3.63, 3.8) is 0 Å². The highest BCUT2D eigenvalue weighted by molar-refractivity contribution is 6.12. The number of fused-ring (bicyclic) bond motifs is 7. The Bertz CT molecular complexity index is 3460. The normalized spacial score (nSPS) is 11.7. The Balaban J connectivity index is 1.24. The number of rotatable bonds is 6. The van der Waals surface area contributed by atoms with Crippen molar-refractivity contribution in [1.29, 1.82) is 0 Å². The van der Waals surface area contributed by atoms with Crippen LogP contribution in [0.5, 0.6) is 0 Å². The quantitative estimate of drug-likeness (QED) is 0.169. The molecule has 0 saturated heterocycles. The van der Waals surface area contributed by atoms with Crippen molar-refractivity contribution in [3.8, 4) is 67.3 Å². The molecule has 0 spiro atoms. The molecule has 0 unspecified atom stereocenters. The lowest BCUT2D eigenvalue weighted by molar-refractivity contribution is 0.669. The van der Waals surface area contributed by atoms with Gasteiger partial charge in [0.2, 0.25) is 0 Å². The summed E-state index contributed by atoms with van der Waals surface area (Å²) in [6, 6.07) is 72.0. The zero-order chi connectivity index (χ0) is 39.6. The minimum atomic E-state index is 0.600. The zero-order valence-corrected chi connectivity index (χ0v) is 32.3. The SMILES string of the molecule is c1ccc(-c2ccc(-c3ccccc3)c(-c3cccc4ccccc34)c2-c2nc(-c3cccc4c3oc3ccccc34)cc(-c3cccc4c3oc3ccccc34)n2)cc1. The number of aromatic nitrogens is 2. The van der Waals surface area contributed by atoms with Crippen molar-refractivity contribution in [1.82, 2.24) is 9.97 Å². The lowest BCUT2D eigenvalue weighted by atomic mass is 9.83. The smallest absolute Gasteiger partial charge is 0.161 e. The highest BCUT2D eigenvalue weighted by Gasteiger charge is 2.25. The molecule has 0 bridgehead atoms. The highest BCUT2D eigenvalue weighted by atomic mass is 16.3. The van der Waals surface area contributed by atoms with Gasteiger partial charge >= 0.3 is 0 Å². The molecule has 0 aliphatic carbocycles. The van der Waals surface area contributed by atoms with Gasteiger partial charge in [0.05, 0.1) is 11.4 Å². The van der Waals surface area contributed by atoms with Crippen LogP contribution in [0.4, 0.5) is 0 Å². The first-order valence-electron chi connectivity index (χ1n) is 20.2. The van der Waals surface area contributed by atoms with Crippen LogP contribution in [0.25, 0.3) is 122 Å². The van der Waals surface area contributed by atoms with E-state index < -0.39 is 0 Å². The van der Waals surface area contributed by atoms with Gasteiger partial charge in [-0.2, -0.15) is 0 Å². The summed E-state index contributed by atoms with van der Waals surface area (Å²) in [5.41, 5.74) is 13.9. The van der Waals surface area contributed by atoms with Crippen LogP contribution in [-0.4, -0.2) is 9.97 Å². The third kappa shape index (κ3) is 5.46. The number of hydrogen-bond acceptors (Lipinski definition) is 4. The second-order valence-electron chi connectivity index (χ2n) is 15.2. The van der Waals surface area contributed by atoms with Crippen LogP contribution >= 0.6 is 0 Å². The monoisotopic (exact) mass is 766 g/mol. The van der Waals surface area contributed by atoms with Crippen molar-refractivity contribution in [2.75, 3.05) is 0 Å². The van der Waals surface area contributed by atoms with Crippen LogP contribution in [0.3, 0.4) is 0 Å². The lowest BCUT2D eigenvalue weighted by Crippen LogP contribution is -2.01. The molecule has 4 heteroatoms. The number of para-hydroxylation sites is 4. The van der Waals surface area contributed by atoms with Crippen LogP contribution in [0, 0.1) is 0 Å². The zero-order valence-electron chi connectivity index (χ0n) is 32.3. The fourth-order valence-electron chi connectivity index (χ4n) is 9.01. The first-order valence-corrected chi connectivity index (χ1v) is 20.2. The Morgan fingerprint density at radius 3 is 1.32 bits per heavy atom. The van der Waals surface area contributed by atoms with Gasteiger partial charge in [-0.15, -0.1) is 0 Å². The molecular formula is C56H34N2O2. The Labute approximate surface area is 345 Å². The summed E-state index contributed by atoms with van der Waals surface area (Å²) in [7, 11) is 0. The van der Waals surface area contributed by atoms with Gasteiger partial charge < -0.3 is 8.83 Å². The van der Waals surface area contributed by atoms with Crippen LogP contribution in [0.1, 0.15) is 0 Å². The molecule has 9 aromatic carbocycles. The topological polar surface area (TPSA) is 52.1 Å². The summed E-state index contributed by atoms with van der Waals surface area (Å²) < 4.78 is 13.3. The molecule has 12 aromatic rings. The number of hydrogen-bond donors (Lipinski definition) is 0. The molecule has 3 heterocycles. The second kappa shape index (κ2) is 13.8. The van der Waals surface area contributed by atoms with Gasteiger partial charge in [-0.1, -0.05) is 176 Å². The van der Waals surface area contributed by atoms with E-state index in [1.807, 2.05) is 24.3 Å². The van der Waals surface area contributed by atoms with Crippen molar-refractivity contribution in [2.24, 2.45) is 0 Å². The first-order chi connectivity index (χ1) is 29.8. The highest BCUT2D eigenvalue weighted by Crippen LogP contribution is 2.48. The molecule has 0 aliphatic rings. The van der Waals surface area contributed by atoms with E-state index in [0.29, 0.717) is 5.82 Å². The summed E-state index contributed by atoms with van der Waals surface area (Å²) in [6.07, 6.45) is 0. The van der Waals surface area contributed by atoms with E-state index >= 15 is 0 Å². The van der Waals surface area contributed by atoms with Gasteiger partial charge in [0, 0.05) is 43.8 Å². The van der Waals surface area contributed by atoms with E-state index in [4.69, 9.17) is 18.8 Å². The Kier molecular flexibility index (Phi) is 7.82. The average molecular weight is 767 g/mol. The van der Waals surface area contributed by atoms with E-state index in [1.54, 1.807) is 0 Å². The lowest BCUT2D eigenvalue weighted by Gasteiger charge is -2.21. The molecule has 0 amide bonds. The number of benzene rings is 9. The van der Waals surface area contributed by atoms with E-state index in [2.05, 4.69) is 182 Å². The second-order valence-corrected chi connectivity index (χ2v) is 15.2. The number of nitrogens with zero attached hydrogens (tertiary/aromatic N) is 2. The third-order valence-electron chi connectivity index (χ3n) is 11.7.